The van der Waals surface area contributed by atoms with E-state index < -0.39 is 12.1 Å². The molecular weight excluding hydrogens is 444 g/mol. The number of nitrogens with zero attached hydrogens (tertiary/aromatic N) is 1. The average molecular weight is 477 g/mol. The number of carbonyl (C=O) groups is 3. The van der Waals surface area contributed by atoms with Crippen LogP contribution in [0.2, 0.25) is 0 Å². The number of nitrogens with one attached hydrogen (secondary N) is 1. The predicted molar refractivity (Wildman–Crippen MR) is 131 cm³/mol. The zero-order valence-corrected chi connectivity index (χ0v) is 19.8. The summed E-state index contributed by atoms with van der Waals surface area (Å²) >= 11 is 0. The summed E-state index contributed by atoms with van der Waals surface area (Å²) in [5.41, 5.74) is 4.67. The van der Waals surface area contributed by atoms with Gasteiger partial charge >= 0.3 is 12.1 Å². The molecule has 1 heterocycles. The molecule has 2 N–H and O–H groups in total. The standard InChI is InChI=1S/C28H32N2O5/c31-26(32)16-18-8-5-6-15-30(18)27(33)23-13-7-14-25(23)29-28(34)35-17-24-21-11-3-1-9-19(21)20-10-2-4-12-22(20)24/h1-4,9-12,18,23-25H,5-8,13-17H2,(H,29,34)(H,31,32)/t18?,23-,25+/m1/s1. The van der Waals surface area contributed by atoms with Crippen molar-refractivity contribution in [2.45, 2.75) is 62.9 Å². The predicted octanol–water partition coefficient (Wildman–Crippen LogP) is 4.55. The number of fused-ring (bicyclic) bond motifs is 3. The number of hydrogen-bond donors (Lipinski definition) is 2. The summed E-state index contributed by atoms with van der Waals surface area (Å²) < 4.78 is 5.70. The summed E-state index contributed by atoms with van der Waals surface area (Å²) in [7, 11) is 0. The quantitative estimate of drug-likeness (QED) is 0.638. The molecule has 2 amide bonds. The summed E-state index contributed by atoms with van der Waals surface area (Å²) in [5.74, 6) is -1.25. The number of amides is 2. The Morgan fingerprint density at radius 3 is 2.29 bits per heavy atom. The van der Waals surface area contributed by atoms with Gasteiger partial charge in [-0.3, -0.25) is 9.59 Å². The fourth-order valence-electron chi connectivity index (χ4n) is 6.14. The summed E-state index contributed by atoms with van der Waals surface area (Å²) in [5, 5.41) is 12.2. The van der Waals surface area contributed by atoms with Gasteiger partial charge in [0, 0.05) is 24.5 Å². The zero-order chi connectivity index (χ0) is 24.4. The molecule has 2 aliphatic carbocycles. The smallest absolute Gasteiger partial charge is 0.407 e. The molecule has 0 aromatic heterocycles. The SMILES string of the molecule is O=C(O)CC1CCCCN1C(=O)[C@@H]1CCC[C@@H]1NC(=O)OCC1c2ccccc2-c2ccccc21. The fourth-order valence-corrected chi connectivity index (χ4v) is 6.14. The number of carboxylic acid groups (broad SMARTS) is 1. The highest BCUT2D eigenvalue weighted by molar-refractivity contribution is 5.82. The number of carboxylic acids is 1. The van der Waals surface area contributed by atoms with Crippen molar-refractivity contribution in [3.63, 3.8) is 0 Å². The first-order valence-corrected chi connectivity index (χ1v) is 12.7. The lowest BCUT2D eigenvalue weighted by Crippen LogP contribution is -2.51. The molecule has 0 bridgehead atoms. The van der Waals surface area contributed by atoms with Gasteiger partial charge in [-0.15, -0.1) is 0 Å². The van der Waals surface area contributed by atoms with Gasteiger partial charge in [0.05, 0.1) is 12.3 Å². The summed E-state index contributed by atoms with van der Waals surface area (Å²) in [6.07, 6.45) is 4.28. The molecule has 2 aromatic rings. The maximum Gasteiger partial charge on any atom is 0.407 e. The number of rotatable bonds is 6. The summed E-state index contributed by atoms with van der Waals surface area (Å²) in [4.78, 5) is 39.2. The molecule has 184 valence electrons. The van der Waals surface area contributed by atoms with Gasteiger partial charge in [0.1, 0.15) is 6.61 Å². The molecule has 7 nitrogen and oxygen atoms in total. The van der Waals surface area contributed by atoms with Crippen LogP contribution < -0.4 is 5.32 Å². The maximum absolute atomic E-state index is 13.4. The molecule has 0 radical (unpaired) electrons. The van der Waals surface area contributed by atoms with Gasteiger partial charge in [0.15, 0.2) is 0 Å². The van der Waals surface area contributed by atoms with Gasteiger partial charge in [-0.05, 0) is 54.4 Å². The van der Waals surface area contributed by atoms with E-state index in [2.05, 4.69) is 29.6 Å². The van der Waals surface area contributed by atoms with Crippen molar-refractivity contribution in [3.8, 4) is 11.1 Å². The Labute approximate surface area is 205 Å². The molecule has 2 aromatic carbocycles. The number of aliphatic carboxylic acids is 1. The average Bonchev–Trinajstić information content (AvgIpc) is 3.45. The van der Waals surface area contributed by atoms with E-state index in [1.807, 2.05) is 24.3 Å². The van der Waals surface area contributed by atoms with Crippen molar-refractivity contribution in [1.82, 2.24) is 10.2 Å². The van der Waals surface area contributed by atoms with Crippen LogP contribution in [-0.2, 0) is 14.3 Å². The Morgan fingerprint density at radius 2 is 1.60 bits per heavy atom. The van der Waals surface area contributed by atoms with Gasteiger partial charge in [-0.1, -0.05) is 55.0 Å². The van der Waals surface area contributed by atoms with E-state index in [-0.39, 0.29) is 42.9 Å². The van der Waals surface area contributed by atoms with Gasteiger partial charge in [0.25, 0.3) is 0 Å². The van der Waals surface area contributed by atoms with Crippen LogP contribution >= 0.6 is 0 Å². The van der Waals surface area contributed by atoms with Crippen LogP contribution in [-0.4, -0.2) is 53.2 Å². The molecule has 3 aliphatic rings. The highest BCUT2D eigenvalue weighted by Crippen LogP contribution is 2.44. The number of hydrogen-bond acceptors (Lipinski definition) is 4. The van der Waals surface area contributed by atoms with E-state index >= 15 is 0 Å². The van der Waals surface area contributed by atoms with E-state index in [9.17, 15) is 19.5 Å². The van der Waals surface area contributed by atoms with Crippen molar-refractivity contribution in [2.24, 2.45) is 5.92 Å². The van der Waals surface area contributed by atoms with Crippen molar-refractivity contribution in [1.29, 1.82) is 0 Å². The molecule has 1 saturated carbocycles. The minimum Gasteiger partial charge on any atom is -0.481 e. The zero-order valence-electron chi connectivity index (χ0n) is 19.8. The number of alkyl carbamates (subject to hydrolysis) is 1. The Bertz CT molecular complexity index is 1070. The summed E-state index contributed by atoms with van der Waals surface area (Å²) in [6.45, 7) is 0.822. The monoisotopic (exact) mass is 476 g/mol. The molecule has 35 heavy (non-hydrogen) atoms. The third-order valence-corrected chi connectivity index (χ3v) is 7.80. The van der Waals surface area contributed by atoms with Gasteiger partial charge < -0.3 is 20.1 Å². The molecule has 5 rings (SSSR count). The number of likely N-dealkylation sites (tertiary alicyclic amines) is 1. The van der Waals surface area contributed by atoms with Crippen molar-refractivity contribution in [2.75, 3.05) is 13.2 Å². The lowest BCUT2D eigenvalue weighted by Gasteiger charge is -2.37. The first-order valence-electron chi connectivity index (χ1n) is 12.7. The molecule has 1 aliphatic heterocycles. The van der Waals surface area contributed by atoms with Crippen LogP contribution in [0.4, 0.5) is 4.79 Å². The normalized spacial score (nSPS) is 23.4. The van der Waals surface area contributed by atoms with E-state index in [0.717, 1.165) is 43.2 Å². The Balaban J connectivity index is 1.22. The molecule has 3 atom stereocenters. The largest absolute Gasteiger partial charge is 0.481 e. The number of ether oxygens (including phenoxy) is 1. The summed E-state index contributed by atoms with van der Waals surface area (Å²) in [6, 6.07) is 15.9. The highest BCUT2D eigenvalue weighted by atomic mass is 16.5. The molecule has 0 spiro atoms. The molecule has 2 fully saturated rings. The third kappa shape index (κ3) is 4.77. The first kappa shape index (κ1) is 23.4. The topological polar surface area (TPSA) is 95.9 Å². The molecule has 1 saturated heterocycles. The number of benzene rings is 2. The fraction of sp³-hybridized carbons (Fsp3) is 0.464. The van der Waals surface area contributed by atoms with Crippen molar-refractivity contribution >= 4 is 18.0 Å². The van der Waals surface area contributed by atoms with Crippen LogP contribution in [0.25, 0.3) is 11.1 Å². The third-order valence-electron chi connectivity index (χ3n) is 7.80. The second-order valence-corrected chi connectivity index (χ2v) is 9.89. The second kappa shape index (κ2) is 10.1. The van der Waals surface area contributed by atoms with E-state index in [1.54, 1.807) is 4.90 Å². The van der Waals surface area contributed by atoms with Crippen molar-refractivity contribution < 1.29 is 24.2 Å². The molecule has 7 heteroatoms. The lowest BCUT2D eigenvalue weighted by atomic mass is 9.95. The number of carbonyl (C=O) groups excluding carboxylic acids is 2. The van der Waals surface area contributed by atoms with Crippen LogP contribution in [0.1, 0.15) is 62.0 Å². The van der Waals surface area contributed by atoms with Gasteiger partial charge in [-0.2, -0.15) is 0 Å². The Kier molecular flexibility index (Phi) is 6.75. The van der Waals surface area contributed by atoms with Crippen molar-refractivity contribution in [3.05, 3.63) is 59.7 Å². The minimum absolute atomic E-state index is 0.0146. The van der Waals surface area contributed by atoms with E-state index in [0.29, 0.717) is 13.0 Å². The molecular formula is C28H32N2O5. The van der Waals surface area contributed by atoms with E-state index in [4.69, 9.17) is 4.74 Å². The second-order valence-electron chi connectivity index (χ2n) is 9.89. The van der Waals surface area contributed by atoms with Gasteiger partial charge in [-0.25, -0.2) is 4.79 Å². The Morgan fingerprint density at radius 1 is 0.914 bits per heavy atom. The molecule has 1 unspecified atom stereocenters. The highest BCUT2D eigenvalue weighted by Gasteiger charge is 2.40. The van der Waals surface area contributed by atoms with Crippen LogP contribution in [0.5, 0.6) is 0 Å². The van der Waals surface area contributed by atoms with Crippen LogP contribution in [0.15, 0.2) is 48.5 Å². The number of piperidine rings is 1. The van der Waals surface area contributed by atoms with E-state index in [1.165, 1.54) is 11.1 Å². The van der Waals surface area contributed by atoms with Crippen LogP contribution in [0.3, 0.4) is 0 Å². The Hall–Kier alpha value is -3.35. The minimum atomic E-state index is -0.880. The van der Waals surface area contributed by atoms with Gasteiger partial charge in [0.2, 0.25) is 5.91 Å². The maximum atomic E-state index is 13.4. The first-order chi connectivity index (χ1) is 17.0. The lowest BCUT2D eigenvalue weighted by molar-refractivity contribution is -0.144. The van der Waals surface area contributed by atoms with Crippen LogP contribution in [0, 0.1) is 5.92 Å².